The summed E-state index contributed by atoms with van der Waals surface area (Å²) in [7, 11) is 0. The molecule has 8 aromatic carbocycles. The van der Waals surface area contributed by atoms with E-state index in [1.807, 2.05) is 48.5 Å². The summed E-state index contributed by atoms with van der Waals surface area (Å²) >= 11 is 0. The summed E-state index contributed by atoms with van der Waals surface area (Å²) in [5.74, 6) is 3.46. The SMILES string of the molecule is CC1(C)c2ccccc2-c2ccc(-c3nc(-c4ccc5c(c4)nc(-c4ccccc4)n5-c4ccccc4)nc(-c4ccc5c(c4)nc(-c4ccccc4)n5-c4ccccc4)n3)cc21. The van der Waals surface area contributed by atoms with Gasteiger partial charge in [-0.25, -0.2) is 24.9 Å². The van der Waals surface area contributed by atoms with E-state index in [1.165, 1.54) is 22.3 Å². The first kappa shape index (κ1) is 36.6. The van der Waals surface area contributed by atoms with Crippen LogP contribution in [0.4, 0.5) is 0 Å². The smallest absolute Gasteiger partial charge is 0.164 e. The van der Waals surface area contributed by atoms with Crippen LogP contribution in [0.15, 0.2) is 200 Å². The van der Waals surface area contributed by atoms with Crippen molar-refractivity contribution in [2.24, 2.45) is 0 Å². The van der Waals surface area contributed by atoms with E-state index in [2.05, 4.69) is 175 Å². The number of fused-ring (bicyclic) bond motifs is 5. The molecule has 298 valence electrons. The van der Waals surface area contributed by atoms with Gasteiger partial charge < -0.3 is 0 Å². The molecule has 7 nitrogen and oxygen atoms in total. The second-order valence-electron chi connectivity index (χ2n) is 16.6. The minimum Gasteiger partial charge on any atom is -0.292 e. The van der Waals surface area contributed by atoms with Crippen molar-refractivity contribution in [3.8, 4) is 79.4 Å². The van der Waals surface area contributed by atoms with Crippen molar-refractivity contribution in [2.75, 3.05) is 0 Å². The molecular weight excluding hydrogens is 771 g/mol. The molecule has 7 heteroatoms. The molecule has 0 amide bonds. The Hall–Kier alpha value is -8.29. The van der Waals surface area contributed by atoms with Gasteiger partial charge in [-0.05, 0) is 89.0 Å². The first-order chi connectivity index (χ1) is 31.0. The molecule has 0 atom stereocenters. The summed E-state index contributed by atoms with van der Waals surface area (Å²) < 4.78 is 4.44. The molecule has 11 aromatic rings. The van der Waals surface area contributed by atoms with Crippen LogP contribution >= 0.6 is 0 Å². The molecule has 0 spiro atoms. The van der Waals surface area contributed by atoms with Crippen molar-refractivity contribution in [3.05, 3.63) is 211 Å². The van der Waals surface area contributed by atoms with Gasteiger partial charge in [0.15, 0.2) is 17.5 Å². The molecule has 3 aromatic heterocycles. The highest BCUT2D eigenvalue weighted by molar-refractivity contribution is 5.89. The number of hydrogen-bond donors (Lipinski definition) is 0. The predicted molar refractivity (Wildman–Crippen MR) is 254 cm³/mol. The lowest BCUT2D eigenvalue weighted by Crippen LogP contribution is -2.15. The van der Waals surface area contributed by atoms with E-state index >= 15 is 0 Å². The van der Waals surface area contributed by atoms with Gasteiger partial charge in [-0.3, -0.25) is 9.13 Å². The number of rotatable bonds is 7. The Morgan fingerprint density at radius 3 is 1.22 bits per heavy atom. The lowest BCUT2D eigenvalue weighted by Gasteiger charge is -2.21. The van der Waals surface area contributed by atoms with E-state index in [4.69, 9.17) is 24.9 Å². The third-order valence-corrected chi connectivity index (χ3v) is 12.4. The summed E-state index contributed by atoms with van der Waals surface area (Å²) in [4.78, 5) is 26.3. The standard InChI is InChI=1S/C56H39N7/c1-56(2)45-26-16-15-25-43(45)44-30-27-38(33-46(44)56)51-59-52(39-28-31-49-47(34-39)57-54(36-17-7-3-8-18-36)62(49)41-21-11-5-12-22-41)61-53(60-51)40-29-32-50-48(35-40)58-55(37-19-9-4-10-20-37)63(50)42-23-13-6-14-24-42/h3-35H,1-2H3. The van der Waals surface area contributed by atoms with E-state index in [0.717, 1.165) is 72.9 Å². The third kappa shape index (κ3) is 6.08. The van der Waals surface area contributed by atoms with Crippen molar-refractivity contribution < 1.29 is 0 Å². The molecule has 0 bridgehead atoms. The van der Waals surface area contributed by atoms with Crippen molar-refractivity contribution in [3.63, 3.8) is 0 Å². The van der Waals surface area contributed by atoms with Gasteiger partial charge in [-0.2, -0.15) is 0 Å². The molecule has 12 rings (SSSR count). The second-order valence-corrected chi connectivity index (χ2v) is 16.6. The fourth-order valence-corrected chi connectivity index (χ4v) is 9.28. The Bertz CT molecular complexity index is 3340. The molecule has 0 N–H and O–H groups in total. The molecule has 63 heavy (non-hydrogen) atoms. The monoisotopic (exact) mass is 809 g/mol. The van der Waals surface area contributed by atoms with Gasteiger partial charge in [0.25, 0.3) is 0 Å². The maximum Gasteiger partial charge on any atom is 0.164 e. The number of benzene rings is 8. The average molecular weight is 810 g/mol. The highest BCUT2D eigenvalue weighted by atomic mass is 15.1. The van der Waals surface area contributed by atoms with E-state index < -0.39 is 0 Å². The zero-order valence-corrected chi connectivity index (χ0v) is 34.7. The topological polar surface area (TPSA) is 74.3 Å². The Labute approximate surface area is 364 Å². The van der Waals surface area contributed by atoms with Crippen molar-refractivity contribution in [1.29, 1.82) is 0 Å². The number of para-hydroxylation sites is 2. The fourth-order valence-electron chi connectivity index (χ4n) is 9.28. The van der Waals surface area contributed by atoms with Crippen molar-refractivity contribution in [2.45, 2.75) is 19.3 Å². The predicted octanol–water partition coefficient (Wildman–Crippen LogP) is 13.2. The lowest BCUT2D eigenvalue weighted by atomic mass is 9.82. The largest absolute Gasteiger partial charge is 0.292 e. The Morgan fingerprint density at radius 1 is 0.333 bits per heavy atom. The molecule has 1 aliphatic carbocycles. The van der Waals surface area contributed by atoms with Gasteiger partial charge in [0.2, 0.25) is 0 Å². The maximum absolute atomic E-state index is 5.26. The Morgan fingerprint density at radius 2 is 0.730 bits per heavy atom. The van der Waals surface area contributed by atoms with Gasteiger partial charge in [-0.15, -0.1) is 0 Å². The van der Waals surface area contributed by atoms with E-state index in [1.54, 1.807) is 0 Å². The van der Waals surface area contributed by atoms with Crippen LogP contribution in [-0.4, -0.2) is 34.1 Å². The van der Waals surface area contributed by atoms with Gasteiger partial charge in [0, 0.05) is 44.6 Å². The normalized spacial score (nSPS) is 12.7. The van der Waals surface area contributed by atoms with Crippen LogP contribution in [0.5, 0.6) is 0 Å². The van der Waals surface area contributed by atoms with Crippen LogP contribution in [0.2, 0.25) is 0 Å². The highest BCUT2D eigenvalue weighted by Gasteiger charge is 2.35. The van der Waals surface area contributed by atoms with Gasteiger partial charge in [0.1, 0.15) is 11.6 Å². The summed E-state index contributed by atoms with van der Waals surface area (Å²) in [6.07, 6.45) is 0. The maximum atomic E-state index is 5.26. The summed E-state index contributed by atoms with van der Waals surface area (Å²) in [6, 6.07) is 69.4. The number of aromatic nitrogens is 7. The van der Waals surface area contributed by atoms with Gasteiger partial charge in [-0.1, -0.05) is 147 Å². The minimum absolute atomic E-state index is 0.182. The van der Waals surface area contributed by atoms with E-state index in [-0.39, 0.29) is 5.41 Å². The number of nitrogens with zero attached hydrogens (tertiary/aromatic N) is 7. The lowest BCUT2D eigenvalue weighted by molar-refractivity contribution is 0.660. The highest BCUT2D eigenvalue weighted by Crippen LogP contribution is 2.49. The molecular formula is C56H39N7. The van der Waals surface area contributed by atoms with Crippen molar-refractivity contribution in [1.82, 2.24) is 34.1 Å². The van der Waals surface area contributed by atoms with Crippen LogP contribution in [0.1, 0.15) is 25.0 Å². The first-order valence-electron chi connectivity index (χ1n) is 21.3. The Balaban J connectivity index is 1.05. The van der Waals surface area contributed by atoms with Gasteiger partial charge in [0.05, 0.1) is 22.1 Å². The van der Waals surface area contributed by atoms with Crippen LogP contribution in [0, 0.1) is 0 Å². The quantitative estimate of drug-likeness (QED) is 0.160. The Kier molecular flexibility index (Phi) is 8.37. The van der Waals surface area contributed by atoms with Crippen LogP contribution < -0.4 is 0 Å². The zero-order valence-electron chi connectivity index (χ0n) is 34.7. The minimum atomic E-state index is -0.182. The molecule has 0 saturated heterocycles. The summed E-state index contributed by atoms with van der Waals surface area (Å²) in [5.41, 5.74) is 15.4. The van der Waals surface area contributed by atoms with E-state index in [0.29, 0.717) is 17.5 Å². The van der Waals surface area contributed by atoms with Crippen LogP contribution in [-0.2, 0) is 5.41 Å². The number of hydrogen-bond acceptors (Lipinski definition) is 5. The molecule has 0 unspecified atom stereocenters. The third-order valence-electron chi connectivity index (χ3n) is 12.4. The molecule has 3 heterocycles. The molecule has 1 aliphatic rings. The molecule has 0 saturated carbocycles. The zero-order chi connectivity index (χ0) is 42.1. The summed E-state index contributed by atoms with van der Waals surface area (Å²) in [5, 5.41) is 0. The molecule has 0 fully saturated rings. The fraction of sp³-hybridized carbons (Fsp3) is 0.0536. The number of imidazole rings is 2. The average Bonchev–Trinajstić information content (AvgIpc) is 4.00. The van der Waals surface area contributed by atoms with E-state index in [9.17, 15) is 0 Å². The van der Waals surface area contributed by atoms with Crippen LogP contribution in [0.3, 0.4) is 0 Å². The second kappa shape index (κ2) is 14.4. The summed E-state index contributed by atoms with van der Waals surface area (Å²) in [6.45, 7) is 4.60. The van der Waals surface area contributed by atoms with Crippen LogP contribution in [0.25, 0.3) is 102 Å². The van der Waals surface area contributed by atoms with Crippen molar-refractivity contribution >= 4 is 22.1 Å². The molecule has 0 radical (unpaired) electrons. The molecule has 0 aliphatic heterocycles. The first-order valence-corrected chi connectivity index (χ1v) is 21.3. The van der Waals surface area contributed by atoms with Gasteiger partial charge >= 0.3 is 0 Å².